The number of nitriles is 1. The molecule has 2 aromatic carbocycles. The zero-order chi connectivity index (χ0) is 24.1. The second-order valence-corrected chi connectivity index (χ2v) is 8.74. The summed E-state index contributed by atoms with van der Waals surface area (Å²) in [6.07, 6.45) is 1.37. The highest BCUT2D eigenvalue weighted by Crippen LogP contribution is 2.32. The topological polar surface area (TPSA) is 90.3 Å². The number of nitrogens with one attached hydrogen (secondary N) is 2. The van der Waals surface area contributed by atoms with Gasteiger partial charge in [0.05, 0.1) is 35.5 Å². The van der Waals surface area contributed by atoms with E-state index < -0.39 is 0 Å². The molecule has 2 heterocycles. The zero-order valence-corrected chi connectivity index (χ0v) is 19.7. The summed E-state index contributed by atoms with van der Waals surface area (Å²) >= 11 is 0. The van der Waals surface area contributed by atoms with Crippen LogP contribution in [0.25, 0.3) is 0 Å². The number of rotatable bonds is 7. The van der Waals surface area contributed by atoms with Crippen LogP contribution in [-0.4, -0.2) is 49.1 Å². The van der Waals surface area contributed by atoms with Gasteiger partial charge in [0.15, 0.2) is 0 Å². The molecule has 0 radical (unpaired) electrons. The quantitative estimate of drug-likeness (QED) is 0.560. The number of benzene rings is 2. The lowest BCUT2D eigenvalue weighted by atomic mass is 9.96. The number of nitrogens with zero attached hydrogens (tertiary/aromatic N) is 3. The monoisotopic (exact) mass is 455 g/mol. The fourth-order valence-corrected chi connectivity index (χ4v) is 4.06. The highest BCUT2D eigenvalue weighted by Gasteiger charge is 2.30. The van der Waals surface area contributed by atoms with Crippen LogP contribution in [-0.2, 0) is 0 Å². The molecule has 0 saturated carbocycles. The van der Waals surface area contributed by atoms with Gasteiger partial charge in [-0.1, -0.05) is 49.4 Å². The Morgan fingerprint density at radius 3 is 2.62 bits per heavy atom. The summed E-state index contributed by atoms with van der Waals surface area (Å²) in [7, 11) is 3.44. The fraction of sp³-hybridized carbons (Fsp3) is 0.296. The van der Waals surface area contributed by atoms with Crippen LogP contribution in [0.1, 0.15) is 45.9 Å². The third-order valence-electron chi connectivity index (χ3n) is 6.04. The molecule has 0 fully saturated rings. The van der Waals surface area contributed by atoms with Gasteiger partial charge in [-0.05, 0) is 35.2 Å². The largest absolute Gasteiger partial charge is 0.469 e. The minimum atomic E-state index is -0.189. The number of carbonyl (C=O) groups is 1. The van der Waals surface area contributed by atoms with Crippen LogP contribution in [0.15, 0.2) is 66.9 Å². The maximum atomic E-state index is 12.3. The molecule has 0 aliphatic carbocycles. The van der Waals surface area contributed by atoms with Crippen LogP contribution in [0.5, 0.6) is 5.88 Å². The van der Waals surface area contributed by atoms with Crippen molar-refractivity contribution in [2.45, 2.75) is 25.0 Å². The minimum Gasteiger partial charge on any atom is -0.469 e. The number of pyridine rings is 1. The van der Waals surface area contributed by atoms with E-state index in [1.54, 1.807) is 26.4 Å². The van der Waals surface area contributed by atoms with Crippen molar-refractivity contribution in [2.75, 3.05) is 32.5 Å². The fourth-order valence-electron chi connectivity index (χ4n) is 4.06. The Labute approximate surface area is 200 Å². The second-order valence-electron chi connectivity index (χ2n) is 8.74. The molecule has 7 nitrogen and oxygen atoms in total. The number of carbonyl (C=O) groups excluding carboxylic acids is 1. The lowest BCUT2D eigenvalue weighted by Crippen LogP contribution is -2.43. The summed E-state index contributed by atoms with van der Waals surface area (Å²) in [6.45, 7) is 3.48. The Morgan fingerprint density at radius 2 is 1.94 bits per heavy atom. The third kappa shape index (κ3) is 5.19. The van der Waals surface area contributed by atoms with E-state index in [1.807, 2.05) is 42.5 Å². The number of amides is 1. The van der Waals surface area contributed by atoms with Gasteiger partial charge in [-0.3, -0.25) is 4.79 Å². The second kappa shape index (κ2) is 10.4. The molecule has 3 aromatic rings. The van der Waals surface area contributed by atoms with E-state index in [0.717, 1.165) is 17.8 Å². The molecule has 2 N–H and O–H groups in total. The van der Waals surface area contributed by atoms with E-state index in [1.165, 1.54) is 10.5 Å². The van der Waals surface area contributed by atoms with Crippen molar-refractivity contribution in [2.24, 2.45) is 0 Å². The summed E-state index contributed by atoms with van der Waals surface area (Å²) in [4.78, 5) is 18.2. The van der Waals surface area contributed by atoms with Crippen molar-refractivity contribution in [3.63, 3.8) is 0 Å². The van der Waals surface area contributed by atoms with E-state index in [9.17, 15) is 4.79 Å². The number of anilines is 1. The SMILES string of the molecule is C[C@H](CN[C@H](c1ccccc1)[C@@H]1CNc2cc(C(=O)N(C)C)cnc2O1)c1ccc(C#N)cc1. The average Bonchev–Trinajstić information content (AvgIpc) is 2.88. The lowest BCUT2D eigenvalue weighted by Gasteiger charge is -2.34. The Morgan fingerprint density at radius 1 is 1.21 bits per heavy atom. The maximum Gasteiger partial charge on any atom is 0.254 e. The van der Waals surface area contributed by atoms with Gasteiger partial charge in [-0.2, -0.15) is 5.26 Å². The Hall–Kier alpha value is -3.89. The summed E-state index contributed by atoms with van der Waals surface area (Å²) in [6, 6.07) is 21.8. The highest BCUT2D eigenvalue weighted by atomic mass is 16.5. The molecule has 3 atom stereocenters. The van der Waals surface area contributed by atoms with Crippen molar-refractivity contribution in [3.8, 4) is 11.9 Å². The molecule has 0 spiro atoms. The average molecular weight is 456 g/mol. The van der Waals surface area contributed by atoms with Crippen LogP contribution in [0.2, 0.25) is 0 Å². The first kappa shape index (κ1) is 23.3. The number of hydrogen-bond donors (Lipinski definition) is 2. The number of ether oxygens (including phenoxy) is 1. The molecule has 0 bridgehead atoms. The van der Waals surface area contributed by atoms with Gasteiger partial charge in [-0.15, -0.1) is 0 Å². The normalized spacial score (nSPS) is 16.2. The lowest BCUT2D eigenvalue weighted by molar-refractivity contribution is 0.0827. The smallest absolute Gasteiger partial charge is 0.254 e. The first-order valence-electron chi connectivity index (χ1n) is 11.4. The third-order valence-corrected chi connectivity index (χ3v) is 6.04. The summed E-state index contributed by atoms with van der Waals surface area (Å²) in [5.41, 5.74) is 4.21. The summed E-state index contributed by atoms with van der Waals surface area (Å²) in [5, 5.41) is 16.1. The van der Waals surface area contributed by atoms with E-state index in [2.05, 4.69) is 40.7 Å². The van der Waals surface area contributed by atoms with Crippen molar-refractivity contribution >= 4 is 11.6 Å². The zero-order valence-electron chi connectivity index (χ0n) is 19.7. The predicted molar refractivity (Wildman–Crippen MR) is 132 cm³/mol. The maximum absolute atomic E-state index is 12.3. The molecule has 174 valence electrons. The van der Waals surface area contributed by atoms with Gasteiger partial charge in [0, 0.05) is 26.8 Å². The Balaban J connectivity index is 1.51. The van der Waals surface area contributed by atoms with Crippen LogP contribution in [0.3, 0.4) is 0 Å². The Bertz CT molecular complexity index is 1170. The van der Waals surface area contributed by atoms with Gasteiger partial charge < -0.3 is 20.3 Å². The van der Waals surface area contributed by atoms with E-state index in [-0.39, 0.29) is 24.0 Å². The molecule has 34 heavy (non-hydrogen) atoms. The van der Waals surface area contributed by atoms with Gasteiger partial charge in [0.25, 0.3) is 5.91 Å². The molecule has 1 aromatic heterocycles. The number of fused-ring (bicyclic) bond motifs is 1. The molecule has 0 unspecified atom stereocenters. The summed E-state index contributed by atoms with van der Waals surface area (Å²) < 4.78 is 6.31. The number of hydrogen-bond acceptors (Lipinski definition) is 6. The number of aromatic nitrogens is 1. The van der Waals surface area contributed by atoms with Crippen LogP contribution in [0.4, 0.5) is 5.69 Å². The molecule has 4 rings (SSSR count). The van der Waals surface area contributed by atoms with Gasteiger partial charge in [0.1, 0.15) is 6.10 Å². The van der Waals surface area contributed by atoms with Gasteiger partial charge in [-0.25, -0.2) is 4.98 Å². The molecule has 0 saturated heterocycles. The first-order valence-corrected chi connectivity index (χ1v) is 11.4. The Kier molecular flexibility index (Phi) is 7.09. The van der Waals surface area contributed by atoms with E-state index >= 15 is 0 Å². The van der Waals surface area contributed by atoms with Crippen LogP contribution >= 0.6 is 0 Å². The standard InChI is InChI=1S/C27H29N5O2/c1-18(20-11-9-19(14-28)10-12-20)15-30-25(21-7-5-4-6-8-21)24-17-29-23-13-22(27(33)32(2)3)16-31-26(23)34-24/h4-13,16,18,24-25,29-30H,15,17H2,1-3H3/t18-,24+,25-/m1/s1. The molecular formula is C27H29N5O2. The van der Waals surface area contributed by atoms with E-state index in [0.29, 0.717) is 23.6 Å². The first-order chi connectivity index (χ1) is 16.5. The van der Waals surface area contributed by atoms with Crippen molar-refractivity contribution < 1.29 is 9.53 Å². The molecule has 1 amide bonds. The van der Waals surface area contributed by atoms with Gasteiger partial charge in [0.2, 0.25) is 5.88 Å². The summed E-state index contributed by atoms with van der Waals surface area (Å²) in [5.74, 6) is 0.648. The highest BCUT2D eigenvalue weighted by molar-refractivity contribution is 5.94. The van der Waals surface area contributed by atoms with E-state index in [4.69, 9.17) is 10.00 Å². The van der Waals surface area contributed by atoms with Crippen molar-refractivity contribution in [3.05, 3.63) is 89.1 Å². The minimum absolute atomic E-state index is 0.0624. The molecule has 1 aliphatic heterocycles. The van der Waals surface area contributed by atoms with Crippen LogP contribution in [0, 0.1) is 11.3 Å². The van der Waals surface area contributed by atoms with Crippen molar-refractivity contribution in [1.29, 1.82) is 5.26 Å². The predicted octanol–water partition coefficient (Wildman–Crippen LogP) is 3.96. The molecule has 7 heteroatoms. The molecular weight excluding hydrogens is 426 g/mol. The molecule has 1 aliphatic rings. The van der Waals surface area contributed by atoms with Gasteiger partial charge >= 0.3 is 0 Å². The van der Waals surface area contributed by atoms with Crippen LogP contribution < -0.4 is 15.4 Å². The van der Waals surface area contributed by atoms with Crippen molar-refractivity contribution in [1.82, 2.24) is 15.2 Å².